The van der Waals surface area contributed by atoms with Crippen LogP contribution in [0.1, 0.15) is 45.1 Å². The Hall–Kier alpha value is -2.79. The van der Waals surface area contributed by atoms with E-state index in [-0.39, 0.29) is 12.0 Å². The number of rotatable bonds is 10. The Morgan fingerprint density at radius 1 is 1.06 bits per heavy atom. The Morgan fingerprint density at radius 2 is 1.84 bits per heavy atom. The maximum absolute atomic E-state index is 13.2. The van der Waals surface area contributed by atoms with Gasteiger partial charge in [0.15, 0.2) is 6.61 Å². The Labute approximate surface area is 186 Å². The maximum atomic E-state index is 13.2. The van der Waals surface area contributed by atoms with E-state index in [4.69, 9.17) is 25.5 Å². The summed E-state index contributed by atoms with van der Waals surface area (Å²) in [6.07, 6.45) is 6.54. The molecule has 164 valence electrons. The van der Waals surface area contributed by atoms with Crippen LogP contribution in [0.2, 0.25) is 5.02 Å². The molecule has 3 aromatic rings. The number of benzene rings is 2. The summed E-state index contributed by atoms with van der Waals surface area (Å²) < 4.78 is 16.5. The van der Waals surface area contributed by atoms with Crippen molar-refractivity contribution in [3.63, 3.8) is 0 Å². The molecule has 0 aliphatic heterocycles. The number of carbonyl (C=O) groups excluding carboxylic acids is 1. The van der Waals surface area contributed by atoms with Crippen molar-refractivity contribution in [2.75, 3.05) is 13.2 Å². The molecular weight excluding hydrogens is 416 g/mol. The molecule has 0 unspecified atom stereocenters. The minimum atomic E-state index is -0.431. The van der Waals surface area contributed by atoms with Crippen LogP contribution < -0.4 is 10.2 Å². The monoisotopic (exact) mass is 442 g/mol. The summed E-state index contributed by atoms with van der Waals surface area (Å²) in [5.41, 5.74) is 2.40. The van der Waals surface area contributed by atoms with Gasteiger partial charge in [0.05, 0.1) is 17.6 Å². The highest BCUT2D eigenvalue weighted by atomic mass is 35.5. The predicted octanol–water partition coefficient (Wildman–Crippen LogP) is 6.18. The first-order valence-corrected chi connectivity index (χ1v) is 11.0. The SMILES string of the molecule is CCCCCCc1cc2c(=O)c(-c3ccc(Cl)cc3)coc2cc1OCC(=O)OCC. The van der Waals surface area contributed by atoms with Gasteiger partial charge in [0.2, 0.25) is 5.43 Å². The lowest BCUT2D eigenvalue weighted by atomic mass is 10.0. The van der Waals surface area contributed by atoms with Crippen molar-refractivity contribution in [3.05, 3.63) is 63.5 Å². The van der Waals surface area contributed by atoms with Crippen LogP contribution in [0, 0.1) is 0 Å². The fourth-order valence-corrected chi connectivity index (χ4v) is 3.57. The van der Waals surface area contributed by atoms with Crippen LogP contribution in [0.3, 0.4) is 0 Å². The van der Waals surface area contributed by atoms with Gasteiger partial charge < -0.3 is 13.9 Å². The van der Waals surface area contributed by atoms with E-state index in [2.05, 4.69) is 6.92 Å². The van der Waals surface area contributed by atoms with E-state index < -0.39 is 5.97 Å². The van der Waals surface area contributed by atoms with Crippen molar-refractivity contribution >= 4 is 28.5 Å². The smallest absolute Gasteiger partial charge is 0.344 e. The van der Waals surface area contributed by atoms with Gasteiger partial charge in [0.1, 0.15) is 17.6 Å². The third kappa shape index (κ3) is 5.88. The van der Waals surface area contributed by atoms with Crippen molar-refractivity contribution in [2.45, 2.75) is 46.0 Å². The average Bonchev–Trinajstić information content (AvgIpc) is 2.77. The van der Waals surface area contributed by atoms with Gasteiger partial charge in [-0.2, -0.15) is 0 Å². The highest BCUT2D eigenvalue weighted by Gasteiger charge is 2.15. The zero-order valence-corrected chi connectivity index (χ0v) is 18.7. The van der Waals surface area contributed by atoms with Crippen molar-refractivity contribution in [3.8, 4) is 16.9 Å². The average molecular weight is 443 g/mol. The zero-order chi connectivity index (χ0) is 22.2. The number of unbranched alkanes of at least 4 members (excludes halogenated alkanes) is 3. The Morgan fingerprint density at radius 3 is 2.55 bits per heavy atom. The summed E-state index contributed by atoms with van der Waals surface area (Å²) in [4.78, 5) is 24.9. The first kappa shape index (κ1) is 22.9. The van der Waals surface area contributed by atoms with Crippen LogP contribution >= 0.6 is 11.6 Å². The van der Waals surface area contributed by atoms with Gasteiger partial charge in [-0.25, -0.2) is 4.79 Å². The van der Waals surface area contributed by atoms with E-state index in [1.54, 1.807) is 37.3 Å². The van der Waals surface area contributed by atoms with Gasteiger partial charge in [0, 0.05) is 11.1 Å². The molecule has 0 radical (unpaired) electrons. The summed E-state index contributed by atoms with van der Waals surface area (Å²) in [5.74, 6) is 0.110. The van der Waals surface area contributed by atoms with E-state index >= 15 is 0 Å². The maximum Gasteiger partial charge on any atom is 0.344 e. The van der Waals surface area contributed by atoms with E-state index in [1.807, 2.05) is 6.07 Å². The summed E-state index contributed by atoms with van der Waals surface area (Å²) in [6, 6.07) is 10.6. The molecule has 5 nitrogen and oxygen atoms in total. The topological polar surface area (TPSA) is 65.7 Å². The lowest BCUT2D eigenvalue weighted by Crippen LogP contribution is -2.15. The summed E-state index contributed by atoms with van der Waals surface area (Å²) in [6.45, 7) is 4.02. The number of hydrogen-bond acceptors (Lipinski definition) is 5. The van der Waals surface area contributed by atoms with Crippen molar-refractivity contribution < 1.29 is 18.7 Å². The molecule has 0 aliphatic carbocycles. The molecule has 2 aromatic carbocycles. The number of esters is 1. The van der Waals surface area contributed by atoms with E-state index in [0.717, 1.165) is 43.2 Å². The van der Waals surface area contributed by atoms with Crippen LogP contribution in [0.15, 0.2) is 51.9 Å². The number of halogens is 1. The van der Waals surface area contributed by atoms with Crippen molar-refractivity contribution in [1.82, 2.24) is 0 Å². The van der Waals surface area contributed by atoms with Gasteiger partial charge in [0.25, 0.3) is 0 Å². The fraction of sp³-hybridized carbons (Fsp3) is 0.360. The molecule has 1 heterocycles. The Balaban J connectivity index is 1.98. The quantitative estimate of drug-likeness (QED) is 0.277. The fourth-order valence-electron chi connectivity index (χ4n) is 3.44. The molecule has 0 saturated carbocycles. The van der Waals surface area contributed by atoms with E-state index in [1.165, 1.54) is 6.26 Å². The lowest BCUT2D eigenvalue weighted by molar-refractivity contribution is -0.145. The third-order valence-corrected chi connectivity index (χ3v) is 5.31. The second kappa shape index (κ2) is 11.0. The molecule has 0 fully saturated rings. The zero-order valence-electron chi connectivity index (χ0n) is 17.9. The van der Waals surface area contributed by atoms with Gasteiger partial charge >= 0.3 is 5.97 Å². The highest BCUT2D eigenvalue weighted by Crippen LogP contribution is 2.29. The third-order valence-electron chi connectivity index (χ3n) is 5.06. The van der Waals surface area contributed by atoms with Crippen LogP contribution in [-0.4, -0.2) is 19.2 Å². The molecular formula is C25H27ClO5. The largest absolute Gasteiger partial charge is 0.481 e. The second-order valence-electron chi connectivity index (χ2n) is 7.35. The van der Waals surface area contributed by atoms with Crippen LogP contribution in [0.4, 0.5) is 0 Å². The molecule has 0 N–H and O–H groups in total. The Bertz CT molecular complexity index is 1090. The van der Waals surface area contributed by atoms with Gasteiger partial charge in [-0.15, -0.1) is 0 Å². The van der Waals surface area contributed by atoms with Crippen molar-refractivity contribution in [1.29, 1.82) is 0 Å². The first-order chi connectivity index (χ1) is 15.0. The summed E-state index contributed by atoms with van der Waals surface area (Å²) in [5, 5.41) is 1.09. The minimum Gasteiger partial charge on any atom is -0.481 e. The van der Waals surface area contributed by atoms with Gasteiger partial charge in [-0.3, -0.25) is 4.79 Å². The number of carbonyl (C=O) groups is 1. The molecule has 1 aromatic heterocycles. The molecule has 3 rings (SSSR count). The molecule has 0 saturated heterocycles. The first-order valence-electron chi connectivity index (χ1n) is 10.7. The summed E-state index contributed by atoms with van der Waals surface area (Å²) in [7, 11) is 0. The van der Waals surface area contributed by atoms with E-state index in [0.29, 0.717) is 33.9 Å². The molecule has 0 spiro atoms. The van der Waals surface area contributed by atoms with Crippen LogP contribution in [0.5, 0.6) is 5.75 Å². The number of hydrogen-bond donors (Lipinski definition) is 0. The van der Waals surface area contributed by atoms with Crippen molar-refractivity contribution in [2.24, 2.45) is 0 Å². The molecule has 6 heteroatoms. The number of aryl methyl sites for hydroxylation is 1. The lowest BCUT2D eigenvalue weighted by Gasteiger charge is -2.13. The van der Waals surface area contributed by atoms with Gasteiger partial charge in [-0.05, 0) is 49.1 Å². The normalized spacial score (nSPS) is 10.9. The summed E-state index contributed by atoms with van der Waals surface area (Å²) >= 11 is 5.97. The highest BCUT2D eigenvalue weighted by molar-refractivity contribution is 6.30. The number of ether oxygens (including phenoxy) is 2. The molecule has 31 heavy (non-hydrogen) atoms. The minimum absolute atomic E-state index is 0.115. The Kier molecular flexibility index (Phi) is 8.13. The standard InChI is InChI=1S/C25H27ClO5/c1-3-5-6-7-8-18-13-20-23(14-22(18)31-16-24(27)29-4-2)30-15-21(25(20)28)17-9-11-19(26)12-10-17/h9-15H,3-8,16H2,1-2H3. The second-order valence-corrected chi connectivity index (χ2v) is 7.78. The van der Waals surface area contributed by atoms with Crippen LogP contribution in [0.25, 0.3) is 22.1 Å². The molecule has 0 bridgehead atoms. The van der Waals surface area contributed by atoms with Gasteiger partial charge in [-0.1, -0.05) is 49.9 Å². The molecule has 0 atom stereocenters. The number of fused-ring (bicyclic) bond motifs is 1. The predicted molar refractivity (Wildman–Crippen MR) is 123 cm³/mol. The molecule has 0 amide bonds. The molecule has 0 aliphatic rings. The van der Waals surface area contributed by atoms with E-state index in [9.17, 15) is 9.59 Å². The van der Waals surface area contributed by atoms with Crippen LogP contribution in [-0.2, 0) is 16.0 Å².